The Bertz CT molecular complexity index is 557. The number of aliphatic hydroxyl groups is 1. The fourth-order valence-electron chi connectivity index (χ4n) is 2.48. The van der Waals surface area contributed by atoms with E-state index in [-0.39, 0.29) is 12.3 Å². The highest BCUT2D eigenvalue weighted by atomic mass is 16.4. The molecule has 0 aromatic heterocycles. The number of aliphatic hydroxyl groups excluding tert-OH is 1. The number of hydrogen-bond acceptors (Lipinski definition) is 7. The molecular weight excluding hydrogens is 382 g/mol. The summed E-state index contributed by atoms with van der Waals surface area (Å²) in [6.07, 6.45) is 1.98. The van der Waals surface area contributed by atoms with Crippen LogP contribution in [0.2, 0.25) is 0 Å². The Kier molecular flexibility index (Phi) is 12.8. The highest BCUT2D eigenvalue weighted by Gasteiger charge is 2.28. The van der Waals surface area contributed by atoms with E-state index in [9.17, 15) is 29.4 Å². The second kappa shape index (κ2) is 13.9. The number of hydrogen-bond donors (Lipinski definition) is 7. The van der Waals surface area contributed by atoms with Gasteiger partial charge in [-0.25, -0.2) is 4.79 Å². The van der Waals surface area contributed by atoms with Gasteiger partial charge in [0.05, 0.1) is 12.6 Å². The van der Waals surface area contributed by atoms with E-state index >= 15 is 0 Å². The van der Waals surface area contributed by atoms with Crippen molar-refractivity contribution >= 4 is 23.7 Å². The van der Waals surface area contributed by atoms with Crippen LogP contribution in [0.25, 0.3) is 0 Å². The van der Waals surface area contributed by atoms with E-state index < -0.39 is 54.5 Å². The lowest BCUT2D eigenvalue weighted by molar-refractivity contribution is -0.142. The lowest BCUT2D eigenvalue weighted by atomic mass is 10.0. The van der Waals surface area contributed by atoms with Gasteiger partial charge in [0.2, 0.25) is 17.7 Å². The minimum absolute atomic E-state index is 0.0457. The highest BCUT2D eigenvalue weighted by molar-refractivity contribution is 5.93. The number of nitrogens with two attached hydrogens (primary N) is 2. The summed E-state index contributed by atoms with van der Waals surface area (Å²) >= 11 is 0. The first-order valence-electron chi connectivity index (χ1n) is 9.73. The molecule has 11 heteroatoms. The van der Waals surface area contributed by atoms with Crippen molar-refractivity contribution in [1.82, 2.24) is 16.0 Å². The molecule has 3 amide bonds. The third kappa shape index (κ3) is 10.8. The fraction of sp³-hybridized carbons (Fsp3) is 0.778. The molecule has 0 bridgehead atoms. The van der Waals surface area contributed by atoms with Crippen molar-refractivity contribution in [3.63, 3.8) is 0 Å². The molecule has 0 aliphatic carbocycles. The van der Waals surface area contributed by atoms with Crippen LogP contribution < -0.4 is 27.4 Å². The Labute approximate surface area is 171 Å². The topological polar surface area (TPSA) is 197 Å². The van der Waals surface area contributed by atoms with Crippen LogP contribution in [0, 0.1) is 5.92 Å². The maximum Gasteiger partial charge on any atom is 0.326 e. The van der Waals surface area contributed by atoms with Crippen molar-refractivity contribution in [3.05, 3.63) is 0 Å². The first-order chi connectivity index (χ1) is 13.5. The number of unbranched alkanes of at least 4 members (excludes halogenated alkanes) is 1. The summed E-state index contributed by atoms with van der Waals surface area (Å²) in [5.41, 5.74) is 11.1. The Morgan fingerprint density at radius 2 is 1.48 bits per heavy atom. The first-order valence-corrected chi connectivity index (χ1v) is 9.73. The standard InChI is InChI=1S/C18H35N5O6/c1-10(2)8-13(18(28)29)22-15(25)11(3)21-17(27)14(9-24)23-16(26)12(20)6-4-5-7-19/h10-14,24H,4-9,19-20H2,1-3H3,(H,21,27)(H,22,25)(H,23,26)(H,28,29). The van der Waals surface area contributed by atoms with E-state index in [2.05, 4.69) is 16.0 Å². The number of carbonyl (C=O) groups is 4. The van der Waals surface area contributed by atoms with Crippen LogP contribution in [-0.4, -0.2) is 71.2 Å². The summed E-state index contributed by atoms with van der Waals surface area (Å²) in [6.45, 7) is 4.81. The van der Waals surface area contributed by atoms with Gasteiger partial charge in [-0.3, -0.25) is 14.4 Å². The van der Waals surface area contributed by atoms with Gasteiger partial charge in [-0.1, -0.05) is 20.3 Å². The molecule has 0 spiro atoms. The molecule has 4 atom stereocenters. The molecule has 168 valence electrons. The number of carbonyl (C=O) groups excluding carboxylic acids is 3. The third-order valence-electron chi connectivity index (χ3n) is 4.20. The van der Waals surface area contributed by atoms with Crippen LogP contribution in [0.3, 0.4) is 0 Å². The molecule has 0 aromatic rings. The Hall–Kier alpha value is -2.24. The summed E-state index contributed by atoms with van der Waals surface area (Å²) < 4.78 is 0. The molecule has 0 aliphatic rings. The van der Waals surface area contributed by atoms with Crippen LogP contribution in [0.4, 0.5) is 0 Å². The molecule has 0 saturated heterocycles. The number of rotatable bonds is 14. The molecular formula is C18H35N5O6. The average Bonchev–Trinajstić information content (AvgIpc) is 2.64. The largest absolute Gasteiger partial charge is 0.480 e. The summed E-state index contributed by atoms with van der Waals surface area (Å²) in [5, 5.41) is 25.6. The van der Waals surface area contributed by atoms with Gasteiger partial charge in [-0.2, -0.15) is 0 Å². The summed E-state index contributed by atoms with van der Waals surface area (Å²) in [4.78, 5) is 47.8. The van der Waals surface area contributed by atoms with Crippen LogP contribution in [0.5, 0.6) is 0 Å². The molecule has 0 aliphatic heterocycles. The predicted molar refractivity (Wildman–Crippen MR) is 107 cm³/mol. The zero-order valence-electron chi connectivity index (χ0n) is 17.3. The zero-order chi connectivity index (χ0) is 22.6. The number of aliphatic carboxylic acids is 1. The number of amides is 3. The summed E-state index contributed by atoms with van der Waals surface area (Å²) in [5.74, 6) is -3.20. The van der Waals surface area contributed by atoms with Crippen molar-refractivity contribution < 1.29 is 29.4 Å². The van der Waals surface area contributed by atoms with Crippen molar-refractivity contribution in [3.8, 4) is 0 Å². The molecule has 9 N–H and O–H groups in total. The molecule has 0 aromatic carbocycles. The van der Waals surface area contributed by atoms with E-state index in [1.54, 1.807) is 0 Å². The molecule has 0 fully saturated rings. The summed E-state index contributed by atoms with van der Waals surface area (Å²) in [6, 6.07) is -4.29. The first kappa shape index (κ1) is 26.8. The maximum atomic E-state index is 12.3. The normalized spacial score (nSPS) is 15.1. The molecule has 0 rings (SSSR count). The quantitative estimate of drug-likeness (QED) is 0.158. The third-order valence-corrected chi connectivity index (χ3v) is 4.20. The van der Waals surface area contributed by atoms with E-state index in [0.717, 1.165) is 0 Å². The van der Waals surface area contributed by atoms with Gasteiger partial charge in [0.25, 0.3) is 0 Å². The fourth-order valence-corrected chi connectivity index (χ4v) is 2.48. The minimum atomic E-state index is -1.29. The predicted octanol–water partition coefficient (Wildman–Crippen LogP) is -1.96. The number of carboxylic acid groups (broad SMARTS) is 1. The van der Waals surface area contributed by atoms with Gasteiger partial charge in [-0.05, 0) is 38.6 Å². The monoisotopic (exact) mass is 417 g/mol. The van der Waals surface area contributed by atoms with E-state index in [0.29, 0.717) is 25.8 Å². The van der Waals surface area contributed by atoms with Gasteiger partial charge < -0.3 is 37.6 Å². The van der Waals surface area contributed by atoms with Crippen LogP contribution in [-0.2, 0) is 19.2 Å². The molecule has 0 saturated carbocycles. The molecule has 29 heavy (non-hydrogen) atoms. The Balaban J connectivity index is 4.72. The second-order valence-electron chi connectivity index (χ2n) is 7.39. The van der Waals surface area contributed by atoms with E-state index in [1.807, 2.05) is 13.8 Å². The van der Waals surface area contributed by atoms with Crippen molar-refractivity contribution in [2.24, 2.45) is 17.4 Å². The van der Waals surface area contributed by atoms with Gasteiger partial charge in [0.1, 0.15) is 18.1 Å². The van der Waals surface area contributed by atoms with Gasteiger partial charge >= 0.3 is 5.97 Å². The molecule has 4 unspecified atom stereocenters. The SMILES string of the molecule is CC(C)CC(NC(=O)C(C)NC(=O)C(CO)NC(=O)C(N)CCCCN)C(=O)O. The zero-order valence-corrected chi connectivity index (χ0v) is 17.3. The molecule has 0 heterocycles. The van der Waals surface area contributed by atoms with E-state index in [4.69, 9.17) is 11.5 Å². The Morgan fingerprint density at radius 3 is 1.97 bits per heavy atom. The Morgan fingerprint density at radius 1 is 0.897 bits per heavy atom. The van der Waals surface area contributed by atoms with Gasteiger partial charge in [0, 0.05) is 0 Å². The van der Waals surface area contributed by atoms with Gasteiger partial charge in [-0.15, -0.1) is 0 Å². The smallest absolute Gasteiger partial charge is 0.326 e. The molecule has 0 radical (unpaired) electrons. The highest BCUT2D eigenvalue weighted by Crippen LogP contribution is 2.05. The van der Waals surface area contributed by atoms with Crippen molar-refractivity contribution in [1.29, 1.82) is 0 Å². The van der Waals surface area contributed by atoms with Crippen LogP contribution >= 0.6 is 0 Å². The van der Waals surface area contributed by atoms with Crippen molar-refractivity contribution in [2.75, 3.05) is 13.2 Å². The van der Waals surface area contributed by atoms with Gasteiger partial charge in [0.15, 0.2) is 0 Å². The lowest BCUT2D eigenvalue weighted by Gasteiger charge is -2.23. The average molecular weight is 418 g/mol. The second-order valence-corrected chi connectivity index (χ2v) is 7.39. The van der Waals surface area contributed by atoms with E-state index in [1.165, 1.54) is 6.92 Å². The van der Waals surface area contributed by atoms with Crippen molar-refractivity contribution in [2.45, 2.75) is 70.6 Å². The maximum absolute atomic E-state index is 12.3. The van der Waals surface area contributed by atoms with Crippen LogP contribution in [0.1, 0.15) is 46.5 Å². The minimum Gasteiger partial charge on any atom is -0.480 e. The summed E-state index contributed by atoms with van der Waals surface area (Å²) in [7, 11) is 0. The molecule has 11 nitrogen and oxygen atoms in total. The van der Waals surface area contributed by atoms with Crippen LogP contribution in [0.15, 0.2) is 0 Å². The number of carboxylic acids is 1. The number of nitrogens with one attached hydrogen (secondary N) is 3. The lowest BCUT2D eigenvalue weighted by Crippen LogP contribution is -2.57.